The number of carbonyl (C=O) groups excluding carboxylic acids is 1. The van der Waals surface area contributed by atoms with E-state index in [-0.39, 0.29) is 56.4 Å². The van der Waals surface area contributed by atoms with Gasteiger partial charge in [0.2, 0.25) is 0 Å². The number of nitrogens with two attached hydrogens (primary N) is 2. The molecule has 0 saturated heterocycles. The summed E-state index contributed by atoms with van der Waals surface area (Å²) < 4.78 is 14.2. The number of nitrogens with one attached hydrogen (secondary N) is 1. The van der Waals surface area contributed by atoms with E-state index in [2.05, 4.69) is 25.4 Å². The predicted molar refractivity (Wildman–Crippen MR) is 174 cm³/mol. The summed E-state index contributed by atoms with van der Waals surface area (Å²) in [5.74, 6) is -0.199. The van der Waals surface area contributed by atoms with Gasteiger partial charge in [-0.25, -0.2) is 0 Å². The van der Waals surface area contributed by atoms with Gasteiger partial charge in [-0.1, -0.05) is 104 Å². The molecule has 0 bridgehead atoms. The first-order valence-corrected chi connectivity index (χ1v) is 14.8. The number of carbonyl (C=O) groups is 1. The predicted octanol–water partition coefficient (Wildman–Crippen LogP) is 8.23. The molecule has 0 spiro atoms. The Morgan fingerprint density at radius 3 is 2.23 bits per heavy atom. The zero-order valence-electron chi connectivity index (χ0n) is 25.9. The number of aliphatic hydroxyl groups excluding tert-OH is 1. The molecule has 3 aromatic rings. The molecule has 1 saturated carbocycles. The Morgan fingerprint density at radius 2 is 1.72 bits per heavy atom. The van der Waals surface area contributed by atoms with Crippen LogP contribution in [0.2, 0.25) is 5.02 Å². The van der Waals surface area contributed by atoms with Crippen LogP contribution in [0.5, 0.6) is 5.75 Å². The van der Waals surface area contributed by atoms with Gasteiger partial charge in [-0.05, 0) is 56.8 Å². The molecule has 1 aliphatic carbocycles. The molecule has 6 nitrogen and oxygen atoms in total. The number of aliphatic hydroxyl groups is 1. The number of benzene rings is 3. The van der Waals surface area contributed by atoms with Crippen molar-refractivity contribution in [3.8, 4) is 16.9 Å². The summed E-state index contributed by atoms with van der Waals surface area (Å²) in [6.07, 6.45) is 9.23. The van der Waals surface area contributed by atoms with E-state index in [9.17, 15) is 9.50 Å². The van der Waals surface area contributed by atoms with Gasteiger partial charge in [-0.15, -0.1) is 17.7 Å². The van der Waals surface area contributed by atoms with Crippen molar-refractivity contribution in [3.05, 3.63) is 94.8 Å². The van der Waals surface area contributed by atoms with Crippen LogP contribution in [0, 0.1) is 17.8 Å². The first-order valence-electron chi connectivity index (χ1n) is 14.4. The van der Waals surface area contributed by atoms with Crippen LogP contribution in [0.1, 0.15) is 75.8 Å². The minimum absolute atomic E-state index is 0. The summed E-state index contributed by atoms with van der Waals surface area (Å²) in [4.78, 5) is 8.00. The van der Waals surface area contributed by atoms with Crippen LogP contribution in [0.15, 0.2) is 60.7 Å². The second-order valence-electron chi connectivity index (χ2n) is 10.2. The second-order valence-corrected chi connectivity index (χ2v) is 10.6. The fourth-order valence-electron chi connectivity index (χ4n) is 4.86. The van der Waals surface area contributed by atoms with Crippen LogP contribution in [0.3, 0.4) is 0 Å². The van der Waals surface area contributed by atoms with Gasteiger partial charge >= 0.3 is 0 Å². The number of phenols is 1. The van der Waals surface area contributed by atoms with Crippen LogP contribution in [0.4, 0.5) is 4.39 Å². The molecule has 237 valence electrons. The number of rotatable bonds is 8. The average molecular weight is 691 g/mol. The van der Waals surface area contributed by atoms with Crippen LogP contribution in [-0.2, 0) is 37.5 Å². The van der Waals surface area contributed by atoms with E-state index < -0.39 is 11.6 Å². The van der Waals surface area contributed by atoms with Gasteiger partial charge in [0.15, 0.2) is 0 Å². The van der Waals surface area contributed by atoms with Crippen molar-refractivity contribution in [2.24, 2.45) is 11.7 Å². The minimum atomic E-state index is -0.736. The fourth-order valence-corrected chi connectivity index (χ4v) is 5.08. The normalized spacial score (nSPS) is 13.6. The Bertz CT molecular complexity index is 1120. The van der Waals surface area contributed by atoms with Gasteiger partial charge in [0.1, 0.15) is 6.79 Å². The van der Waals surface area contributed by atoms with Crippen LogP contribution < -0.4 is 11.1 Å². The standard InChI is InChI=1S/C20H16ClFNO.C8H17N.C5H12O.CH2O.H2N.Y/c21-18-10-9-14(17(12-23)13-5-2-1-3-6-13)11-16(18)15-7-4-8-19(24)20(15)22;1-9-7-8-5-3-2-4-6-8;1-3-4-5(2)6;1-2;;/h1-6,8-11,17,24H,12,23H2;8-9H,2-7H2,1H3;5-6H,3-4H2,1-2H3;1H2;1H2;/q-1;;;;-1;/t;;5-;;;/m..1.../s1. The Hall–Kier alpha value is -1.71. The molecule has 7 N–H and O–H groups in total. The van der Waals surface area contributed by atoms with Crippen molar-refractivity contribution in [2.75, 3.05) is 20.1 Å². The SMILES string of the molecule is C=O.CCC[C@@H](C)O.CNCC1CCCCC1.NCC(c1ccccc1)c1ccc(Cl)c(-c2[c-]ccc(O)c2F)c1.[NH2-].[Y]. The van der Waals surface area contributed by atoms with Gasteiger partial charge in [-0.3, -0.25) is 4.39 Å². The fraction of sp³-hybridized carbons (Fsp3) is 0.441. The number of aromatic hydroxyl groups is 1. The molecule has 1 unspecified atom stereocenters. The number of hydrogen-bond acceptors (Lipinski definition) is 5. The molecule has 1 fully saturated rings. The molecule has 0 amide bonds. The molecule has 0 heterocycles. The Balaban J connectivity index is 0. The second kappa shape index (κ2) is 25.6. The van der Waals surface area contributed by atoms with E-state index in [1.165, 1.54) is 50.8 Å². The number of phenolic OH excluding ortho intramolecular Hbond substituents is 1. The van der Waals surface area contributed by atoms with Gasteiger partial charge in [0.05, 0.1) is 17.7 Å². The van der Waals surface area contributed by atoms with E-state index in [1.807, 2.05) is 50.1 Å². The van der Waals surface area contributed by atoms with E-state index in [0.29, 0.717) is 17.1 Å². The molecule has 0 aromatic heterocycles. The summed E-state index contributed by atoms with van der Waals surface area (Å²) in [6, 6.07) is 20.8. The topological polar surface area (TPSA) is 129 Å². The molecule has 3 aromatic carbocycles. The largest absolute Gasteiger partial charge is 0.693 e. The summed E-state index contributed by atoms with van der Waals surface area (Å²) >= 11 is 6.25. The molecule has 9 heteroatoms. The number of hydrogen-bond donors (Lipinski definition) is 4. The van der Waals surface area contributed by atoms with Gasteiger partial charge in [-0.2, -0.15) is 0 Å². The van der Waals surface area contributed by atoms with E-state index in [0.717, 1.165) is 29.9 Å². The van der Waals surface area contributed by atoms with Crippen LogP contribution in [-0.4, -0.2) is 43.2 Å². The maximum Gasteiger partial charge on any atom is 0.106 e. The monoisotopic (exact) mass is 690 g/mol. The van der Waals surface area contributed by atoms with Gasteiger partial charge < -0.3 is 32.2 Å². The van der Waals surface area contributed by atoms with Crippen molar-refractivity contribution in [1.29, 1.82) is 0 Å². The third kappa shape index (κ3) is 15.7. The molecule has 4 rings (SSSR count). The van der Waals surface area contributed by atoms with E-state index >= 15 is 0 Å². The van der Waals surface area contributed by atoms with Crippen molar-refractivity contribution < 1.29 is 52.1 Å². The molecule has 0 aliphatic heterocycles. The number of halogens is 2. The summed E-state index contributed by atoms with van der Waals surface area (Å²) in [5.41, 5.74) is 8.60. The van der Waals surface area contributed by atoms with Crippen LogP contribution in [0.25, 0.3) is 17.3 Å². The van der Waals surface area contributed by atoms with E-state index in [1.54, 1.807) is 12.1 Å². The summed E-state index contributed by atoms with van der Waals surface area (Å²) in [7, 11) is 2.05. The third-order valence-electron chi connectivity index (χ3n) is 6.94. The van der Waals surface area contributed by atoms with Crippen molar-refractivity contribution >= 4 is 18.4 Å². The van der Waals surface area contributed by atoms with Gasteiger partial charge in [0.25, 0.3) is 0 Å². The maximum atomic E-state index is 14.2. The smallest absolute Gasteiger partial charge is 0.106 e. The quantitative estimate of drug-likeness (QED) is 0.177. The zero-order chi connectivity index (χ0) is 30.6. The Kier molecular flexibility index (Phi) is 25.9. The first-order chi connectivity index (χ1) is 19.8. The average Bonchev–Trinajstić information content (AvgIpc) is 2.99. The molecule has 43 heavy (non-hydrogen) atoms. The zero-order valence-corrected chi connectivity index (χ0v) is 29.5. The minimum Gasteiger partial charge on any atom is -0.693 e. The van der Waals surface area contributed by atoms with Crippen molar-refractivity contribution in [3.63, 3.8) is 0 Å². The molecule has 1 aliphatic rings. The van der Waals surface area contributed by atoms with Crippen molar-refractivity contribution in [1.82, 2.24) is 5.32 Å². The molecule has 2 atom stereocenters. The summed E-state index contributed by atoms with van der Waals surface area (Å²) in [5, 5.41) is 21.8. The summed E-state index contributed by atoms with van der Waals surface area (Å²) in [6.45, 7) is 7.52. The third-order valence-corrected chi connectivity index (χ3v) is 7.27. The maximum absolute atomic E-state index is 14.2. The Morgan fingerprint density at radius 1 is 1.09 bits per heavy atom. The van der Waals surface area contributed by atoms with E-state index in [4.69, 9.17) is 27.2 Å². The van der Waals surface area contributed by atoms with Gasteiger partial charge in [0, 0.05) is 50.2 Å². The molecule has 1 radical (unpaired) electrons. The molecular formula is C34H49ClFN3O3Y-2. The van der Waals surface area contributed by atoms with Crippen LogP contribution >= 0.6 is 11.6 Å². The first kappa shape index (κ1) is 43.4. The Labute approximate surface area is 288 Å². The van der Waals surface area contributed by atoms with Crippen molar-refractivity contribution in [2.45, 2.75) is 70.8 Å². The molecular weight excluding hydrogens is 642 g/mol.